The van der Waals surface area contributed by atoms with Gasteiger partial charge in [-0.05, 0) is 26.0 Å². The van der Waals surface area contributed by atoms with E-state index < -0.39 is 36.9 Å². The second kappa shape index (κ2) is 7.64. The summed E-state index contributed by atoms with van der Waals surface area (Å²) in [6.45, 7) is 1.23. The highest BCUT2D eigenvalue weighted by atomic mass is 19.4. The largest absolute Gasteiger partial charge is 0.454 e. The second-order valence-corrected chi connectivity index (χ2v) is 6.22. The van der Waals surface area contributed by atoms with Gasteiger partial charge < -0.3 is 9.30 Å². The van der Waals surface area contributed by atoms with Crippen LogP contribution in [0.4, 0.5) is 22.0 Å². The minimum absolute atomic E-state index is 0.0302. The van der Waals surface area contributed by atoms with E-state index in [9.17, 15) is 26.7 Å². The number of halogens is 5. The highest BCUT2D eigenvalue weighted by Crippen LogP contribution is 2.22. The summed E-state index contributed by atoms with van der Waals surface area (Å²) in [6, 6.07) is 2.91. The lowest BCUT2D eigenvalue weighted by atomic mass is 10.2. The average Bonchev–Trinajstić information content (AvgIpc) is 3.15. The molecule has 0 fully saturated rings. The van der Waals surface area contributed by atoms with Crippen molar-refractivity contribution in [2.75, 3.05) is 0 Å². The molecule has 0 saturated heterocycles. The number of imidazole rings is 1. The van der Waals surface area contributed by atoms with E-state index in [1.54, 1.807) is 0 Å². The lowest BCUT2D eigenvalue weighted by molar-refractivity contribution is -0.141. The highest BCUT2D eigenvalue weighted by Gasteiger charge is 2.29. The van der Waals surface area contributed by atoms with Gasteiger partial charge in [0.25, 0.3) is 0 Å². The smallest absolute Gasteiger partial charge is 0.406 e. The third-order valence-electron chi connectivity index (χ3n) is 4.12. The van der Waals surface area contributed by atoms with Gasteiger partial charge in [-0.25, -0.2) is 23.2 Å². The molecule has 0 amide bonds. The van der Waals surface area contributed by atoms with E-state index in [4.69, 9.17) is 4.74 Å². The third-order valence-corrected chi connectivity index (χ3v) is 4.12. The minimum Gasteiger partial charge on any atom is -0.454 e. The van der Waals surface area contributed by atoms with E-state index in [0.717, 1.165) is 21.5 Å². The maximum absolute atomic E-state index is 14.1. The molecule has 0 N–H and O–H groups in total. The van der Waals surface area contributed by atoms with Crippen molar-refractivity contribution in [3.8, 4) is 5.69 Å². The van der Waals surface area contributed by atoms with Crippen LogP contribution < -0.4 is 0 Å². The van der Waals surface area contributed by atoms with E-state index in [1.807, 2.05) is 0 Å². The Morgan fingerprint density at radius 3 is 2.59 bits per heavy atom. The lowest BCUT2D eigenvalue weighted by Crippen LogP contribution is -2.20. The van der Waals surface area contributed by atoms with Gasteiger partial charge in [-0.2, -0.15) is 18.3 Å². The summed E-state index contributed by atoms with van der Waals surface area (Å²) in [5, 5.41) is 4.09. The van der Waals surface area contributed by atoms with E-state index in [-0.39, 0.29) is 28.5 Å². The van der Waals surface area contributed by atoms with Crippen LogP contribution in [-0.2, 0) is 17.9 Å². The molecule has 0 unspecified atom stereocenters. The standard InChI is InChI=1S/C18H15F5N4O2/c1-10-16(11(2)27(25-10)14-4-3-12(19)7-13(14)20)17(28)29-8-15-24-5-6-26(15)9-18(21,22)23/h3-7H,8-9H2,1-2H3. The Labute approximate surface area is 161 Å². The summed E-state index contributed by atoms with van der Waals surface area (Å²) in [7, 11) is 0. The molecule has 0 bridgehead atoms. The van der Waals surface area contributed by atoms with Crippen LogP contribution in [0.15, 0.2) is 30.6 Å². The molecule has 0 radical (unpaired) electrons. The average molecular weight is 414 g/mol. The molecule has 0 aliphatic carbocycles. The number of carbonyl (C=O) groups excluding carboxylic acids is 1. The number of nitrogens with zero attached hydrogens (tertiary/aromatic N) is 4. The van der Waals surface area contributed by atoms with Crippen LogP contribution in [0.3, 0.4) is 0 Å². The molecule has 1 aromatic carbocycles. The zero-order valence-electron chi connectivity index (χ0n) is 15.3. The van der Waals surface area contributed by atoms with Crippen LogP contribution in [0.5, 0.6) is 0 Å². The number of rotatable bonds is 5. The third kappa shape index (κ3) is 4.44. The van der Waals surface area contributed by atoms with Crippen molar-refractivity contribution in [3.63, 3.8) is 0 Å². The summed E-state index contributed by atoms with van der Waals surface area (Å²) in [5.41, 5.74) is 0.418. The first-order chi connectivity index (χ1) is 13.6. The number of hydrogen-bond acceptors (Lipinski definition) is 4. The van der Waals surface area contributed by atoms with Crippen LogP contribution in [0.2, 0.25) is 0 Å². The van der Waals surface area contributed by atoms with Gasteiger partial charge in [0.1, 0.15) is 36.0 Å². The monoisotopic (exact) mass is 414 g/mol. The maximum Gasteiger partial charge on any atom is 0.406 e. The van der Waals surface area contributed by atoms with Crippen molar-refractivity contribution in [3.05, 3.63) is 65.0 Å². The predicted molar refractivity (Wildman–Crippen MR) is 90.4 cm³/mol. The Bertz CT molecular complexity index is 1060. The molecule has 2 aromatic heterocycles. The molecule has 3 rings (SSSR count). The first-order valence-corrected chi connectivity index (χ1v) is 8.32. The van der Waals surface area contributed by atoms with E-state index in [1.165, 1.54) is 26.1 Å². The quantitative estimate of drug-likeness (QED) is 0.470. The van der Waals surface area contributed by atoms with E-state index in [0.29, 0.717) is 6.07 Å². The van der Waals surface area contributed by atoms with E-state index in [2.05, 4.69) is 10.1 Å². The van der Waals surface area contributed by atoms with E-state index >= 15 is 0 Å². The molecule has 0 spiro atoms. The van der Waals surface area contributed by atoms with Crippen molar-refractivity contribution in [2.24, 2.45) is 0 Å². The van der Waals surface area contributed by atoms with Crippen LogP contribution in [-0.4, -0.2) is 31.5 Å². The summed E-state index contributed by atoms with van der Waals surface area (Å²) < 4.78 is 71.9. The number of aryl methyl sites for hydroxylation is 1. The number of hydrogen-bond donors (Lipinski definition) is 0. The highest BCUT2D eigenvalue weighted by molar-refractivity contribution is 5.92. The van der Waals surface area contributed by atoms with Crippen molar-refractivity contribution >= 4 is 5.97 Å². The van der Waals surface area contributed by atoms with Crippen molar-refractivity contribution in [2.45, 2.75) is 33.2 Å². The normalized spacial score (nSPS) is 11.7. The molecule has 0 aliphatic heterocycles. The molecule has 0 saturated carbocycles. The molecule has 2 heterocycles. The molecule has 11 heteroatoms. The van der Waals surface area contributed by atoms with Gasteiger partial charge in [0.15, 0.2) is 5.82 Å². The van der Waals surface area contributed by atoms with Crippen molar-refractivity contribution < 1.29 is 31.5 Å². The fraction of sp³-hybridized carbons (Fsp3) is 0.278. The van der Waals surface area contributed by atoms with Crippen molar-refractivity contribution in [1.82, 2.24) is 19.3 Å². The molecule has 0 aliphatic rings. The summed E-state index contributed by atoms with van der Waals surface area (Å²) in [6.07, 6.45) is -2.16. The van der Waals surface area contributed by atoms with Gasteiger partial charge in [0, 0.05) is 18.5 Å². The summed E-state index contributed by atoms with van der Waals surface area (Å²) in [4.78, 5) is 16.2. The maximum atomic E-state index is 14.1. The summed E-state index contributed by atoms with van der Waals surface area (Å²) >= 11 is 0. The molecule has 3 aromatic rings. The number of alkyl halides is 3. The Hall–Kier alpha value is -3.24. The van der Waals surface area contributed by atoms with Crippen LogP contribution in [0.25, 0.3) is 5.69 Å². The number of ether oxygens (including phenoxy) is 1. The second-order valence-electron chi connectivity index (χ2n) is 6.22. The first-order valence-electron chi connectivity index (χ1n) is 8.32. The number of carbonyl (C=O) groups is 1. The fourth-order valence-corrected chi connectivity index (χ4v) is 2.85. The minimum atomic E-state index is -4.45. The molecular formula is C18H15F5N4O2. The first kappa shape index (κ1) is 20.5. The predicted octanol–water partition coefficient (Wildman–Crippen LogP) is 3.88. The fourth-order valence-electron chi connectivity index (χ4n) is 2.85. The number of benzene rings is 1. The Morgan fingerprint density at radius 2 is 1.93 bits per heavy atom. The molecule has 154 valence electrons. The number of esters is 1. The van der Waals surface area contributed by atoms with Gasteiger partial charge >= 0.3 is 12.1 Å². The molecule has 6 nitrogen and oxygen atoms in total. The topological polar surface area (TPSA) is 61.9 Å². The van der Waals surface area contributed by atoms with Gasteiger partial charge in [-0.15, -0.1) is 0 Å². The van der Waals surface area contributed by atoms with Gasteiger partial charge in [0.05, 0.1) is 11.4 Å². The Balaban J connectivity index is 1.81. The molecular weight excluding hydrogens is 399 g/mol. The van der Waals surface area contributed by atoms with Gasteiger partial charge in [0.2, 0.25) is 0 Å². The van der Waals surface area contributed by atoms with Crippen LogP contribution in [0, 0.1) is 25.5 Å². The molecule has 29 heavy (non-hydrogen) atoms. The Kier molecular flexibility index (Phi) is 5.40. The number of aromatic nitrogens is 4. The Morgan fingerprint density at radius 1 is 1.21 bits per heavy atom. The summed E-state index contributed by atoms with van der Waals surface area (Å²) in [5.74, 6) is -2.57. The van der Waals surface area contributed by atoms with Gasteiger partial charge in [-0.1, -0.05) is 0 Å². The van der Waals surface area contributed by atoms with Crippen molar-refractivity contribution in [1.29, 1.82) is 0 Å². The van der Waals surface area contributed by atoms with Crippen LogP contribution in [0.1, 0.15) is 27.6 Å². The zero-order valence-corrected chi connectivity index (χ0v) is 15.3. The zero-order chi connectivity index (χ0) is 21.3. The SMILES string of the molecule is Cc1nn(-c2ccc(F)cc2F)c(C)c1C(=O)OCc1nccn1CC(F)(F)F. The molecule has 0 atom stereocenters. The van der Waals surface area contributed by atoms with Gasteiger partial charge in [-0.3, -0.25) is 0 Å². The lowest BCUT2D eigenvalue weighted by Gasteiger charge is -2.11. The van der Waals surface area contributed by atoms with Crippen LogP contribution >= 0.6 is 0 Å².